The first-order valence-electron chi connectivity index (χ1n) is 2.87. The van der Waals surface area contributed by atoms with Gasteiger partial charge in [-0.15, -0.1) is 0 Å². The van der Waals surface area contributed by atoms with Crippen LogP contribution in [0, 0.1) is 0 Å². The van der Waals surface area contributed by atoms with Crippen molar-refractivity contribution < 1.29 is 12.4 Å². The van der Waals surface area contributed by atoms with Crippen LogP contribution in [0.2, 0.25) is 0 Å². The van der Waals surface area contributed by atoms with Crippen molar-refractivity contribution in [1.82, 2.24) is 0 Å². The van der Waals surface area contributed by atoms with Gasteiger partial charge in [0.25, 0.3) is 0 Å². The molecule has 0 unspecified atom stereocenters. The maximum Gasteiger partial charge on any atom is 0.0571 e. The third-order valence-corrected chi connectivity index (χ3v) is 1.23. The number of nitrogens with one attached hydrogen (secondary N) is 1. The SMILES string of the molecule is CNc1ccccc1N.[Cl-]. The number of nitrogen functional groups attached to an aromatic ring is 1. The predicted octanol–water partition coefficient (Wildman–Crippen LogP) is -1.69. The minimum atomic E-state index is 0. The van der Waals surface area contributed by atoms with Crippen molar-refractivity contribution in [2.45, 2.75) is 0 Å². The summed E-state index contributed by atoms with van der Waals surface area (Å²) in [6.07, 6.45) is 0. The summed E-state index contributed by atoms with van der Waals surface area (Å²) < 4.78 is 0. The summed E-state index contributed by atoms with van der Waals surface area (Å²) in [5.41, 5.74) is 7.34. The molecule has 1 aromatic carbocycles. The zero-order chi connectivity index (χ0) is 6.69. The fourth-order valence-corrected chi connectivity index (χ4v) is 0.725. The zero-order valence-electron chi connectivity index (χ0n) is 5.76. The van der Waals surface area contributed by atoms with Crippen LogP contribution in [0.5, 0.6) is 0 Å². The summed E-state index contributed by atoms with van der Waals surface area (Å²) in [7, 11) is 1.85. The third kappa shape index (κ3) is 1.81. The second-order valence-electron chi connectivity index (χ2n) is 1.84. The van der Waals surface area contributed by atoms with Gasteiger partial charge in [-0.25, -0.2) is 0 Å². The van der Waals surface area contributed by atoms with E-state index in [1.165, 1.54) is 0 Å². The molecule has 1 rings (SSSR count). The predicted molar refractivity (Wildman–Crippen MR) is 40.4 cm³/mol. The first-order valence-corrected chi connectivity index (χ1v) is 2.87. The summed E-state index contributed by atoms with van der Waals surface area (Å²) >= 11 is 0. The summed E-state index contributed by atoms with van der Waals surface area (Å²) in [6, 6.07) is 7.67. The molecular weight excluding hydrogens is 148 g/mol. The van der Waals surface area contributed by atoms with Gasteiger partial charge in [0.05, 0.1) is 11.4 Å². The highest BCUT2D eigenvalue weighted by Crippen LogP contribution is 2.14. The number of hydrogen-bond acceptors (Lipinski definition) is 2. The minimum absolute atomic E-state index is 0. The Hall–Kier alpha value is -0.890. The summed E-state index contributed by atoms with van der Waals surface area (Å²) in [5.74, 6) is 0. The Morgan fingerprint density at radius 2 is 1.90 bits per heavy atom. The van der Waals surface area contributed by atoms with Crippen molar-refractivity contribution in [2.24, 2.45) is 0 Å². The number of rotatable bonds is 1. The normalized spacial score (nSPS) is 8.10. The molecule has 0 bridgehead atoms. The molecule has 0 saturated heterocycles. The van der Waals surface area contributed by atoms with Gasteiger partial charge < -0.3 is 23.5 Å². The van der Waals surface area contributed by atoms with Gasteiger partial charge in [0.1, 0.15) is 0 Å². The molecule has 0 saturated carbocycles. The second kappa shape index (κ2) is 4.01. The lowest BCUT2D eigenvalue weighted by Crippen LogP contribution is -3.00. The molecule has 0 aromatic heterocycles. The van der Waals surface area contributed by atoms with E-state index in [1.807, 2.05) is 31.3 Å². The average Bonchev–Trinajstić information content (AvgIpc) is 1.89. The summed E-state index contributed by atoms with van der Waals surface area (Å²) in [6.45, 7) is 0. The number of hydrogen-bond donors (Lipinski definition) is 2. The summed E-state index contributed by atoms with van der Waals surface area (Å²) in [5, 5.41) is 2.97. The van der Waals surface area contributed by atoms with Crippen molar-refractivity contribution in [2.75, 3.05) is 18.1 Å². The molecular formula is C7H10ClN2-. The Morgan fingerprint density at radius 3 is 2.30 bits per heavy atom. The van der Waals surface area contributed by atoms with Crippen molar-refractivity contribution in [1.29, 1.82) is 0 Å². The molecule has 56 valence electrons. The van der Waals surface area contributed by atoms with Crippen molar-refractivity contribution in [3.05, 3.63) is 24.3 Å². The highest BCUT2D eigenvalue weighted by molar-refractivity contribution is 5.65. The molecule has 3 N–H and O–H groups in total. The summed E-state index contributed by atoms with van der Waals surface area (Å²) in [4.78, 5) is 0. The molecule has 0 aliphatic rings. The lowest BCUT2D eigenvalue weighted by Gasteiger charge is -2.01. The number of nitrogens with two attached hydrogens (primary N) is 1. The van der Waals surface area contributed by atoms with Crippen LogP contribution in [0.1, 0.15) is 0 Å². The van der Waals surface area contributed by atoms with Crippen molar-refractivity contribution in [3.8, 4) is 0 Å². The van der Waals surface area contributed by atoms with Crippen LogP contribution in [-0.4, -0.2) is 7.05 Å². The van der Waals surface area contributed by atoms with Crippen LogP contribution in [0.3, 0.4) is 0 Å². The van der Waals surface area contributed by atoms with Gasteiger partial charge in [0, 0.05) is 7.05 Å². The molecule has 0 spiro atoms. The maximum atomic E-state index is 5.57. The number of halogens is 1. The van der Waals surface area contributed by atoms with Gasteiger partial charge in [0.15, 0.2) is 0 Å². The molecule has 3 heteroatoms. The molecule has 0 aliphatic carbocycles. The van der Waals surface area contributed by atoms with Crippen LogP contribution in [0.15, 0.2) is 24.3 Å². The van der Waals surface area contributed by atoms with E-state index in [4.69, 9.17) is 5.73 Å². The quantitative estimate of drug-likeness (QED) is 0.478. The Kier molecular flexibility index (Phi) is 3.65. The smallest absolute Gasteiger partial charge is 0.0571 e. The average molecular weight is 158 g/mol. The molecule has 1 aromatic rings. The van der Waals surface area contributed by atoms with Crippen LogP contribution in [0.25, 0.3) is 0 Å². The lowest BCUT2D eigenvalue weighted by molar-refractivity contribution is -0.00000187. The van der Waals surface area contributed by atoms with Gasteiger partial charge >= 0.3 is 0 Å². The van der Waals surface area contributed by atoms with E-state index in [9.17, 15) is 0 Å². The minimum Gasteiger partial charge on any atom is -1.00 e. The standard InChI is InChI=1S/C7H10N2.ClH/c1-9-7-5-3-2-4-6(7)8;/h2-5,9H,8H2,1H3;1H/p-1. The van der Waals surface area contributed by atoms with Gasteiger partial charge in [-0.05, 0) is 12.1 Å². The number of anilines is 2. The van der Waals surface area contributed by atoms with Gasteiger partial charge in [-0.1, -0.05) is 12.1 Å². The lowest BCUT2D eigenvalue weighted by atomic mass is 10.3. The Bertz CT molecular complexity index is 201. The van der Waals surface area contributed by atoms with E-state index in [0.29, 0.717) is 0 Å². The largest absolute Gasteiger partial charge is 1.00 e. The van der Waals surface area contributed by atoms with Crippen LogP contribution >= 0.6 is 0 Å². The van der Waals surface area contributed by atoms with Crippen molar-refractivity contribution in [3.63, 3.8) is 0 Å². The Labute approximate surface area is 66.8 Å². The Balaban J connectivity index is 0.000000810. The first-order chi connectivity index (χ1) is 4.34. The highest BCUT2D eigenvalue weighted by atomic mass is 35.5. The van der Waals surface area contributed by atoms with Gasteiger partial charge in [-0.2, -0.15) is 0 Å². The van der Waals surface area contributed by atoms with Crippen LogP contribution in [-0.2, 0) is 0 Å². The molecule has 0 fully saturated rings. The van der Waals surface area contributed by atoms with Crippen molar-refractivity contribution >= 4 is 11.4 Å². The van der Waals surface area contributed by atoms with E-state index in [1.54, 1.807) is 0 Å². The first kappa shape index (κ1) is 9.11. The van der Waals surface area contributed by atoms with E-state index in [0.717, 1.165) is 11.4 Å². The molecule has 10 heavy (non-hydrogen) atoms. The van der Waals surface area contributed by atoms with E-state index in [-0.39, 0.29) is 12.4 Å². The van der Waals surface area contributed by atoms with E-state index >= 15 is 0 Å². The van der Waals surface area contributed by atoms with E-state index < -0.39 is 0 Å². The Morgan fingerprint density at radius 1 is 1.30 bits per heavy atom. The number of para-hydroxylation sites is 2. The highest BCUT2D eigenvalue weighted by Gasteiger charge is 1.89. The molecule has 0 aliphatic heterocycles. The molecule has 0 atom stereocenters. The zero-order valence-corrected chi connectivity index (χ0v) is 6.52. The molecule has 2 nitrogen and oxygen atoms in total. The number of benzene rings is 1. The van der Waals surface area contributed by atoms with E-state index in [2.05, 4.69) is 5.32 Å². The fraction of sp³-hybridized carbons (Fsp3) is 0.143. The van der Waals surface area contributed by atoms with Gasteiger partial charge in [-0.3, -0.25) is 0 Å². The fourth-order valence-electron chi connectivity index (χ4n) is 0.725. The van der Waals surface area contributed by atoms with Crippen LogP contribution < -0.4 is 23.5 Å². The molecule has 0 radical (unpaired) electrons. The van der Waals surface area contributed by atoms with Crippen LogP contribution in [0.4, 0.5) is 11.4 Å². The second-order valence-corrected chi connectivity index (χ2v) is 1.84. The maximum absolute atomic E-state index is 5.57. The van der Waals surface area contributed by atoms with Gasteiger partial charge in [0.2, 0.25) is 0 Å². The molecule has 0 amide bonds. The third-order valence-electron chi connectivity index (χ3n) is 1.23. The topological polar surface area (TPSA) is 38.0 Å². The monoisotopic (exact) mass is 157 g/mol. The molecule has 0 heterocycles.